The van der Waals surface area contributed by atoms with E-state index >= 15 is 0 Å². The van der Waals surface area contributed by atoms with Crippen LogP contribution in [0.2, 0.25) is 5.54 Å². The van der Waals surface area contributed by atoms with E-state index in [2.05, 4.69) is 0 Å². The number of nitro benzene ring substituents is 1. The molecule has 0 saturated carbocycles. The van der Waals surface area contributed by atoms with Crippen molar-refractivity contribution in [3.8, 4) is 5.75 Å². The second-order valence-corrected chi connectivity index (χ2v) is 10.6. The van der Waals surface area contributed by atoms with Gasteiger partial charge in [-0.25, -0.2) is 0 Å². The normalized spacial score (nSPS) is 13.4. The molecule has 0 radical (unpaired) electrons. The van der Waals surface area contributed by atoms with E-state index in [0.29, 0.717) is 11.3 Å². The van der Waals surface area contributed by atoms with Gasteiger partial charge in [0.2, 0.25) is 0 Å². The molecular weight excluding hydrogens is 398 g/mol. The summed E-state index contributed by atoms with van der Waals surface area (Å²) in [4.78, 5) is 10.9. The van der Waals surface area contributed by atoms with Crippen LogP contribution in [0.4, 0.5) is 5.69 Å². The fourth-order valence-corrected chi connectivity index (χ4v) is 6.02. The van der Waals surface area contributed by atoms with Gasteiger partial charge in [0.05, 0.1) is 17.8 Å². The van der Waals surface area contributed by atoms with E-state index in [1.54, 1.807) is 6.07 Å². The van der Waals surface area contributed by atoms with E-state index in [9.17, 15) is 18.5 Å². The van der Waals surface area contributed by atoms with Crippen LogP contribution in [-0.4, -0.2) is 60.9 Å². The highest BCUT2D eigenvalue weighted by Crippen LogP contribution is 2.36. The van der Waals surface area contributed by atoms with Crippen molar-refractivity contribution in [3.05, 3.63) is 33.9 Å². The molecule has 0 aromatic heterocycles. The molecule has 0 spiro atoms. The zero-order chi connectivity index (χ0) is 20.7. The molecule has 1 N–H and O–H groups in total. The number of hydrogen-bond donors (Lipinski definition) is 1. The summed E-state index contributed by atoms with van der Waals surface area (Å²) in [5, 5.41) is 11.4. The maximum Gasteiger partial charge on any atom is 0.503 e. The summed E-state index contributed by atoms with van der Waals surface area (Å²) in [7, 11) is -1.69. The van der Waals surface area contributed by atoms with Gasteiger partial charge < -0.3 is 18.0 Å². The van der Waals surface area contributed by atoms with Gasteiger partial charge in [0.15, 0.2) is 0 Å². The summed E-state index contributed by atoms with van der Waals surface area (Å²) in [6.45, 7) is 0. The maximum atomic E-state index is 11.4. The summed E-state index contributed by atoms with van der Waals surface area (Å²) in [5.74, 6) is 0.0116. The van der Waals surface area contributed by atoms with Gasteiger partial charge in [0, 0.05) is 38.5 Å². The highest BCUT2D eigenvalue weighted by atomic mass is 32.2. The average molecular weight is 424 g/mol. The van der Waals surface area contributed by atoms with Crippen LogP contribution in [0.1, 0.15) is 18.4 Å². The van der Waals surface area contributed by atoms with Gasteiger partial charge in [0.25, 0.3) is 15.8 Å². The lowest BCUT2D eigenvalue weighted by molar-refractivity contribution is -0.385. The Hall–Kier alpha value is -1.57. The number of nitrogens with zero attached hydrogens (tertiary/aromatic N) is 1. The molecule has 0 bridgehead atoms. The molecule has 10 nitrogen and oxygen atoms in total. The van der Waals surface area contributed by atoms with Crippen LogP contribution in [0.25, 0.3) is 0 Å². The predicted octanol–water partition coefficient (Wildman–Crippen LogP) is 2.06. The molecule has 1 aromatic carbocycles. The molecule has 0 amide bonds. The zero-order valence-electron chi connectivity index (χ0n) is 15.7. The van der Waals surface area contributed by atoms with Crippen LogP contribution in [-0.2, 0) is 29.8 Å². The fourth-order valence-electron chi connectivity index (χ4n) is 2.96. The largest absolute Gasteiger partial charge is 0.503 e. The number of hydrogen-bond acceptors (Lipinski definition) is 8. The Kier molecular flexibility index (Phi) is 8.78. The van der Waals surface area contributed by atoms with Crippen molar-refractivity contribution in [2.45, 2.75) is 24.8 Å². The molecule has 0 fully saturated rings. The minimum atomic E-state index is -4.13. The SMILES string of the molecule is COc1ccc([N+](=O)[O-])c(CC(CCCS(=O)(=O)O)[Si](OC)(OC)OC)c1. The molecule has 0 aliphatic heterocycles. The smallest absolute Gasteiger partial charge is 0.497 e. The second kappa shape index (κ2) is 10.1. The summed E-state index contributed by atoms with van der Waals surface area (Å²) >= 11 is 0. The lowest BCUT2D eigenvalue weighted by atomic mass is 10.0. The van der Waals surface area contributed by atoms with Crippen LogP contribution >= 0.6 is 0 Å². The first-order valence-electron chi connectivity index (χ1n) is 8.04. The topological polar surface area (TPSA) is 134 Å². The summed E-state index contributed by atoms with van der Waals surface area (Å²) in [6.07, 6.45) is 0.530. The molecule has 12 heteroatoms. The maximum absolute atomic E-state index is 11.4. The lowest BCUT2D eigenvalue weighted by Crippen LogP contribution is -2.48. The van der Waals surface area contributed by atoms with Gasteiger partial charge in [-0.15, -0.1) is 0 Å². The molecule has 27 heavy (non-hydrogen) atoms. The van der Waals surface area contributed by atoms with Crippen LogP contribution in [0.3, 0.4) is 0 Å². The van der Waals surface area contributed by atoms with E-state index in [-0.39, 0.29) is 24.9 Å². The predicted molar refractivity (Wildman–Crippen MR) is 99.5 cm³/mol. The molecule has 0 aliphatic rings. The van der Waals surface area contributed by atoms with Gasteiger partial charge in [-0.2, -0.15) is 8.42 Å². The first kappa shape index (κ1) is 23.5. The molecule has 0 aliphatic carbocycles. The van der Waals surface area contributed by atoms with Crippen LogP contribution < -0.4 is 4.74 Å². The average Bonchev–Trinajstić information content (AvgIpc) is 2.62. The molecule has 0 heterocycles. The summed E-state index contributed by atoms with van der Waals surface area (Å²) in [5.41, 5.74) is -0.175. The van der Waals surface area contributed by atoms with Crippen molar-refractivity contribution in [1.29, 1.82) is 0 Å². The van der Waals surface area contributed by atoms with Crippen LogP contribution in [0, 0.1) is 10.1 Å². The standard InChI is InChI=1S/C15H25NO9SSi/c1-22-13-7-8-15(16(17)18)12(10-13)11-14(6-5-9-26(19,20)21)27(23-2,24-3)25-4/h7-8,10,14H,5-6,9,11H2,1-4H3,(H,19,20,21). The van der Waals surface area contributed by atoms with E-state index in [0.717, 1.165) is 0 Å². The monoisotopic (exact) mass is 423 g/mol. The first-order chi connectivity index (χ1) is 12.6. The van der Waals surface area contributed by atoms with E-state index in [1.165, 1.54) is 40.6 Å². The third-order valence-electron chi connectivity index (χ3n) is 4.26. The zero-order valence-corrected chi connectivity index (χ0v) is 17.5. The van der Waals surface area contributed by atoms with Gasteiger partial charge in [-0.1, -0.05) is 0 Å². The summed E-state index contributed by atoms with van der Waals surface area (Å²) < 4.78 is 52.6. The number of benzene rings is 1. The molecule has 0 saturated heterocycles. The highest BCUT2D eigenvalue weighted by molar-refractivity contribution is 7.85. The quantitative estimate of drug-likeness (QED) is 0.232. The Bertz CT molecular complexity index is 729. The molecule has 1 rings (SSSR count). The van der Waals surface area contributed by atoms with Crippen molar-refractivity contribution in [2.75, 3.05) is 34.2 Å². The molecular formula is C15H25NO9SSi. The minimum Gasteiger partial charge on any atom is -0.497 e. The van der Waals surface area contributed by atoms with Crippen molar-refractivity contribution in [2.24, 2.45) is 0 Å². The molecule has 1 aromatic rings. The number of methoxy groups -OCH3 is 1. The number of rotatable bonds is 12. The second-order valence-electron chi connectivity index (χ2n) is 5.80. The van der Waals surface area contributed by atoms with Gasteiger partial charge in [0.1, 0.15) is 5.75 Å². The van der Waals surface area contributed by atoms with E-state index in [4.69, 9.17) is 22.6 Å². The van der Waals surface area contributed by atoms with Crippen molar-refractivity contribution < 1.29 is 35.9 Å². The Labute approximate surface area is 159 Å². The van der Waals surface area contributed by atoms with Gasteiger partial charge >= 0.3 is 8.80 Å². The Morgan fingerprint density at radius 3 is 2.22 bits per heavy atom. The first-order valence-corrected chi connectivity index (χ1v) is 11.5. The van der Waals surface area contributed by atoms with Gasteiger partial charge in [-0.3, -0.25) is 14.7 Å². The Balaban J connectivity index is 3.25. The third kappa shape index (κ3) is 6.51. The Morgan fingerprint density at radius 2 is 1.78 bits per heavy atom. The Morgan fingerprint density at radius 1 is 1.19 bits per heavy atom. The molecule has 1 unspecified atom stereocenters. The van der Waals surface area contributed by atoms with E-state index < -0.39 is 35.1 Å². The summed E-state index contributed by atoms with van der Waals surface area (Å²) in [6, 6.07) is 4.38. The van der Waals surface area contributed by atoms with Gasteiger partial charge in [-0.05, 0) is 31.4 Å². The third-order valence-corrected chi connectivity index (χ3v) is 8.26. The van der Waals surface area contributed by atoms with E-state index in [1.807, 2.05) is 0 Å². The van der Waals surface area contributed by atoms with Crippen molar-refractivity contribution in [3.63, 3.8) is 0 Å². The van der Waals surface area contributed by atoms with Crippen molar-refractivity contribution >= 4 is 24.6 Å². The van der Waals surface area contributed by atoms with Crippen molar-refractivity contribution in [1.82, 2.24) is 0 Å². The molecule has 154 valence electrons. The fraction of sp³-hybridized carbons (Fsp3) is 0.600. The minimum absolute atomic E-state index is 0.0956. The number of ether oxygens (including phenoxy) is 1. The van der Waals surface area contributed by atoms with Crippen LogP contribution in [0.5, 0.6) is 5.75 Å². The molecule has 1 atom stereocenters. The lowest BCUT2D eigenvalue weighted by Gasteiger charge is -2.32. The number of nitro groups is 1. The highest BCUT2D eigenvalue weighted by Gasteiger charge is 2.47. The van der Waals surface area contributed by atoms with Crippen LogP contribution in [0.15, 0.2) is 18.2 Å².